The molecule has 0 atom stereocenters. The molecule has 0 amide bonds. The predicted molar refractivity (Wildman–Crippen MR) is 72.1 cm³/mol. The third-order valence-electron chi connectivity index (χ3n) is 3.39. The van der Waals surface area contributed by atoms with E-state index in [1.807, 2.05) is 18.2 Å². The van der Waals surface area contributed by atoms with Crippen LogP contribution in [0.1, 0.15) is 18.4 Å². The van der Waals surface area contributed by atoms with Crippen molar-refractivity contribution in [2.45, 2.75) is 25.6 Å². The number of aliphatic hydroxyl groups excluding tert-OH is 2. The molecule has 94 valence electrons. The van der Waals surface area contributed by atoms with Gasteiger partial charge in [0, 0.05) is 23.8 Å². The lowest BCUT2D eigenvalue weighted by molar-refractivity contribution is 0.0465. The van der Waals surface area contributed by atoms with E-state index in [-0.39, 0.29) is 12.7 Å². The number of hydrogen-bond donors (Lipinski definition) is 2. The lowest BCUT2D eigenvalue weighted by atomic mass is 9.82. The Morgan fingerprint density at radius 3 is 2.65 bits per heavy atom. The molecule has 0 bridgehead atoms. The molecule has 0 unspecified atom stereocenters. The molecule has 0 radical (unpaired) electrons. The van der Waals surface area contributed by atoms with Gasteiger partial charge in [0.25, 0.3) is 0 Å². The number of rotatable bonds is 4. The van der Waals surface area contributed by atoms with Crippen molar-refractivity contribution >= 4 is 21.6 Å². The van der Waals surface area contributed by atoms with E-state index in [9.17, 15) is 5.11 Å². The van der Waals surface area contributed by atoms with Crippen molar-refractivity contribution in [1.29, 1.82) is 0 Å². The molecule has 0 spiro atoms. The van der Waals surface area contributed by atoms with Gasteiger partial charge >= 0.3 is 0 Å². The summed E-state index contributed by atoms with van der Waals surface area (Å²) in [6, 6.07) is 5.98. The standard InChI is InChI=1S/C13H18BrNO2/c1-15(7-9-4-12(17)5-9)11-3-2-10(8-16)13(14)6-11/h2-3,6,9,12,16-17H,4-5,7-8H2,1H3. The lowest BCUT2D eigenvalue weighted by Gasteiger charge is -2.35. The zero-order valence-corrected chi connectivity index (χ0v) is 11.5. The van der Waals surface area contributed by atoms with Crippen LogP contribution >= 0.6 is 15.9 Å². The molecule has 3 nitrogen and oxygen atoms in total. The van der Waals surface area contributed by atoms with Gasteiger partial charge in [-0.15, -0.1) is 0 Å². The van der Waals surface area contributed by atoms with Gasteiger partial charge in [-0.2, -0.15) is 0 Å². The lowest BCUT2D eigenvalue weighted by Crippen LogP contribution is -2.37. The van der Waals surface area contributed by atoms with Crippen molar-refractivity contribution in [1.82, 2.24) is 0 Å². The molecule has 1 aromatic rings. The number of hydrogen-bond acceptors (Lipinski definition) is 3. The minimum Gasteiger partial charge on any atom is -0.393 e. The summed E-state index contributed by atoms with van der Waals surface area (Å²) in [5.74, 6) is 0.603. The van der Waals surface area contributed by atoms with E-state index in [1.165, 1.54) is 0 Å². The Bertz CT molecular complexity index is 391. The summed E-state index contributed by atoms with van der Waals surface area (Å²) < 4.78 is 0.943. The number of nitrogens with zero attached hydrogens (tertiary/aromatic N) is 1. The van der Waals surface area contributed by atoms with Crippen LogP contribution in [0.5, 0.6) is 0 Å². The van der Waals surface area contributed by atoms with Crippen LogP contribution < -0.4 is 4.90 Å². The van der Waals surface area contributed by atoms with Gasteiger partial charge in [0.2, 0.25) is 0 Å². The number of anilines is 1. The first-order chi connectivity index (χ1) is 8.10. The van der Waals surface area contributed by atoms with Crippen molar-refractivity contribution in [3.8, 4) is 0 Å². The van der Waals surface area contributed by atoms with Gasteiger partial charge in [-0.05, 0) is 36.5 Å². The molecular formula is C13H18BrNO2. The number of benzene rings is 1. The maximum Gasteiger partial charge on any atom is 0.0692 e. The molecule has 17 heavy (non-hydrogen) atoms. The zero-order chi connectivity index (χ0) is 12.4. The fourth-order valence-electron chi connectivity index (χ4n) is 2.24. The van der Waals surface area contributed by atoms with E-state index in [0.717, 1.165) is 35.1 Å². The van der Waals surface area contributed by atoms with Crippen molar-refractivity contribution in [3.63, 3.8) is 0 Å². The van der Waals surface area contributed by atoms with Crippen molar-refractivity contribution in [2.75, 3.05) is 18.5 Å². The highest BCUT2D eigenvalue weighted by Gasteiger charge is 2.28. The maximum atomic E-state index is 9.26. The number of halogens is 1. The van der Waals surface area contributed by atoms with E-state index in [2.05, 4.69) is 27.9 Å². The summed E-state index contributed by atoms with van der Waals surface area (Å²) in [7, 11) is 2.06. The van der Waals surface area contributed by atoms with Crippen LogP contribution in [0.15, 0.2) is 22.7 Å². The van der Waals surface area contributed by atoms with Gasteiger partial charge < -0.3 is 15.1 Å². The topological polar surface area (TPSA) is 43.7 Å². The first kappa shape index (κ1) is 12.9. The van der Waals surface area contributed by atoms with Crippen LogP contribution in [-0.2, 0) is 6.61 Å². The summed E-state index contributed by atoms with van der Waals surface area (Å²) in [6.45, 7) is 1.03. The second-order valence-corrected chi connectivity index (χ2v) is 5.66. The fourth-order valence-corrected chi connectivity index (χ4v) is 2.74. The quantitative estimate of drug-likeness (QED) is 0.895. The highest BCUT2D eigenvalue weighted by atomic mass is 79.9. The Kier molecular flexibility index (Phi) is 4.07. The summed E-state index contributed by atoms with van der Waals surface area (Å²) in [5.41, 5.74) is 2.04. The summed E-state index contributed by atoms with van der Waals surface area (Å²) in [6.07, 6.45) is 1.75. The largest absolute Gasteiger partial charge is 0.393 e. The van der Waals surface area contributed by atoms with Gasteiger partial charge in [0.1, 0.15) is 0 Å². The Morgan fingerprint density at radius 1 is 1.41 bits per heavy atom. The van der Waals surface area contributed by atoms with Gasteiger partial charge in [-0.1, -0.05) is 22.0 Å². The van der Waals surface area contributed by atoms with Crippen LogP contribution in [0, 0.1) is 5.92 Å². The summed E-state index contributed by atoms with van der Waals surface area (Å²) in [4.78, 5) is 2.20. The SMILES string of the molecule is CN(CC1CC(O)C1)c1ccc(CO)c(Br)c1. The van der Waals surface area contributed by atoms with Crippen LogP contribution in [0.3, 0.4) is 0 Å². The van der Waals surface area contributed by atoms with E-state index >= 15 is 0 Å². The summed E-state index contributed by atoms with van der Waals surface area (Å²) >= 11 is 3.46. The maximum absolute atomic E-state index is 9.26. The Morgan fingerprint density at radius 2 is 2.12 bits per heavy atom. The third kappa shape index (κ3) is 3.00. The summed E-state index contributed by atoms with van der Waals surface area (Å²) in [5, 5.41) is 18.4. The molecule has 0 aliphatic heterocycles. The van der Waals surface area contributed by atoms with Gasteiger partial charge in [0.05, 0.1) is 12.7 Å². The van der Waals surface area contributed by atoms with Crippen LogP contribution in [0.4, 0.5) is 5.69 Å². The minimum atomic E-state index is -0.0862. The number of aliphatic hydroxyl groups is 2. The molecule has 2 N–H and O–H groups in total. The van der Waals surface area contributed by atoms with E-state index in [1.54, 1.807) is 0 Å². The smallest absolute Gasteiger partial charge is 0.0692 e. The Hall–Kier alpha value is -0.580. The van der Waals surface area contributed by atoms with Crippen molar-refractivity contribution in [2.24, 2.45) is 5.92 Å². The van der Waals surface area contributed by atoms with Gasteiger partial charge in [-0.3, -0.25) is 0 Å². The molecular weight excluding hydrogens is 282 g/mol. The van der Waals surface area contributed by atoms with Crippen LogP contribution in [0.25, 0.3) is 0 Å². The molecule has 0 heterocycles. The normalized spacial score (nSPS) is 23.3. The molecule has 0 aromatic heterocycles. The first-order valence-electron chi connectivity index (χ1n) is 5.88. The molecule has 2 rings (SSSR count). The zero-order valence-electron chi connectivity index (χ0n) is 9.93. The van der Waals surface area contributed by atoms with Crippen LogP contribution in [0.2, 0.25) is 0 Å². The molecule has 4 heteroatoms. The fraction of sp³-hybridized carbons (Fsp3) is 0.538. The second kappa shape index (κ2) is 5.38. The minimum absolute atomic E-state index is 0.0550. The average molecular weight is 300 g/mol. The Balaban J connectivity index is 1.99. The molecule has 1 aliphatic rings. The monoisotopic (exact) mass is 299 g/mol. The third-order valence-corrected chi connectivity index (χ3v) is 4.13. The Labute approximate surface area is 110 Å². The second-order valence-electron chi connectivity index (χ2n) is 4.81. The van der Waals surface area contributed by atoms with E-state index in [0.29, 0.717) is 5.92 Å². The molecule has 0 saturated heterocycles. The highest BCUT2D eigenvalue weighted by molar-refractivity contribution is 9.10. The predicted octanol–water partition coefficient (Wildman–Crippen LogP) is 2.15. The molecule has 1 aromatic carbocycles. The van der Waals surface area contributed by atoms with Crippen molar-refractivity contribution in [3.05, 3.63) is 28.2 Å². The first-order valence-corrected chi connectivity index (χ1v) is 6.68. The molecule has 1 fully saturated rings. The van der Waals surface area contributed by atoms with Crippen LogP contribution in [-0.4, -0.2) is 29.9 Å². The van der Waals surface area contributed by atoms with E-state index in [4.69, 9.17) is 5.11 Å². The van der Waals surface area contributed by atoms with Crippen molar-refractivity contribution < 1.29 is 10.2 Å². The van der Waals surface area contributed by atoms with E-state index < -0.39 is 0 Å². The highest BCUT2D eigenvalue weighted by Crippen LogP contribution is 2.30. The molecule has 1 aliphatic carbocycles. The average Bonchev–Trinajstić information content (AvgIpc) is 2.26. The van der Waals surface area contributed by atoms with Gasteiger partial charge in [-0.25, -0.2) is 0 Å². The van der Waals surface area contributed by atoms with Gasteiger partial charge in [0.15, 0.2) is 0 Å². The molecule has 1 saturated carbocycles.